The van der Waals surface area contributed by atoms with E-state index in [9.17, 15) is 14.3 Å². The maximum atomic E-state index is 15.7. The van der Waals surface area contributed by atoms with Gasteiger partial charge in [0.05, 0.1) is 29.1 Å². The molecule has 10 heteroatoms. The molecule has 0 spiro atoms. The number of hydrogen-bond donors (Lipinski definition) is 1. The number of benzene rings is 2. The monoisotopic (exact) mass is 501 g/mol. The number of piperazine rings is 1. The van der Waals surface area contributed by atoms with Gasteiger partial charge in [-0.3, -0.25) is 0 Å². The summed E-state index contributed by atoms with van der Waals surface area (Å²) in [5, 5.41) is 10.3. The fraction of sp³-hybridized carbons (Fsp3) is 0.385. The molecule has 2 aliphatic rings. The van der Waals surface area contributed by atoms with E-state index in [2.05, 4.69) is 4.98 Å². The molecule has 1 aromatic heterocycles. The second kappa shape index (κ2) is 8.46. The number of phenolic OH excluding ortho intramolecular Hbond substituents is 1. The lowest BCUT2D eigenvalue weighted by molar-refractivity contribution is 0.00997. The van der Waals surface area contributed by atoms with Gasteiger partial charge in [-0.25, -0.2) is 22.9 Å². The molecule has 2 aromatic carbocycles. The van der Waals surface area contributed by atoms with E-state index in [1.54, 1.807) is 25.7 Å². The molecule has 3 heterocycles. The number of anilines is 1. The molecule has 0 bridgehead atoms. The van der Waals surface area contributed by atoms with Gasteiger partial charge in [0.25, 0.3) is 0 Å². The first kappa shape index (κ1) is 24.0. The number of carbonyl (C=O) groups excluding carboxylic acids is 1. The van der Waals surface area contributed by atoms with Gasteiger partial charge in [0.15, 0.2) is 11.6 Å². The summed E-state index contributed by atoms with van der Waals surface area (Å²) in [7, 11) is 0. The summed E-state index contributed by atoms with van der Waals surface area (Å²) in [5.74, 6) is -3.31. The Bertz CT molecular complexity index is 1350. The predicted molar refractivity (Wildman–Crippen MR) is 128 cm³/mol. The molecule has 1 fully saturated rings. The normalized spacial score (nSPS) is 19.5. The van der Waals surface area contributed by atoms with Crippen LogP contribution in [0.5, 0.6) is 11.5 Å². The van der Waals surface area contributed by atoms with Crippen LogP contribution in [0, 0.1) is 17.5 Å². The van der Waals surface area contributed by atoms with Crippen LogP contribution in [0.4, 0.5) is 23.7 Å². The third kappa shape index (κ3) is 3.94. The molecule has 1 amide bonds. The number of fused-ring (bicyclic) bond motifs is 5. The Balaban J connectivity index is 1.58. The van der Waals surface area contributed by atoms with E-state index in [0.717, 1.165) is 18.2 Å². The Morgan fingerprint density at radius 2 is 1.92 bits per heavy atom. The van der Waals surface area contributed by atoms with Crippen molar-refractivity contribution in [2.45, 2.75) is 45.4 Å². The van der Waals surface area contributed by atoms with Crippen molar-refractivity contribution >= 4 is 22.7 Å². The summed E-state index contributed by atoms with van der Waals surface area (Å²) < 4.78 is 56.9. The van der Waals surface area contributed by atoms with Gasteiger partial charge in [-0.1, -0.05) is 6.07 Å². The first-order valence-electron chi connectivity index (χ1n) is 11.6. The fourth-order valence-electron chi connectivity index (χ4n) is 4.84. The van der Waals surface area contributed by atoms with Gasteiger partial charge in [0, 0.05) is 24.5 Å². The summed E-state index contributed by atoms with van der Waals surface area (Å²) in [5.41, 5.74) is -1.64. The molecule has 1 saturated heterocycles. The van der Waals surface area contributed by atoms with Crippen LogP contribution in [0.15, 0.2) is 30.5 Å². The van der Waals surface area contributed by atoms with Crippen molar-refractivity contribution in [3.05, 3.63) is 47.9 Å². The van der Waals surface area contributed by atoms with E-state index < -0.39 is 46.0 Å². The van der Waals surface area contributed by atoms with Gasteiger partial charge in [-0.05, 0) is 45.9 Å². The first-order chi connectivity index (χ1) is 17.0. The number of nitrogens with zero attached hydrogens (tertiary/aromatic N) is 3. The molecular weight excluding hydrogens is 475 g/mol. The highest BCUT2D eigenvalue weighted by atomic mass is 19.1. The van der Waals surface area contributed by atoms with Gasteiger partial charge in [-0.2, -0.15) is 0 Å². The number of carbonyl (C=O) groups is 1. The lowest BCUT2D eigenvalue weighted by Crippen LogP contribution is -2.62. The zero-order chi connectivity index (χ0) is 25.9. The van der Waals surface area contributed by atoms with Gasteiger partial charge in [0.2, 0.25) is 0 Å². The van der Waals surface area contributed by atoms with Crippen LogP contribution in [-0.2, 0) is 4.74 Å². The van der Waals surface area contributed by atoms with Crippen molar-refractivity contribution in [3.63, 3.8) is 0 Å². The zero-order valence-corrected chi connectivity index (χ0v) is 20.3. The number of phenols is 1. The van der Waals surface area contributed by atoms with Crippen LogP contribution in [-0.4, -0.2) is 58.5 Å². The maximum absolute atomic E-state index is 15.7. The van der Waals surface area contributed by atoms with Crippen LogP contribution in [0.2, 0.25) is 0 Å². The van der Waals surface area contributed by atoms with Crippen LogP contribution in [0.1, 0.15) is 27.7 Å². The minimum atomic E-state index is -1.09. The van der Waals surface area contributed by atoms with Crippen molar-refractivity contribution in [2.24, 2.45) is 0 Å². The predicted octanol–water partition coefficient (Wildman–Crippen LogP) is 5.23. The third-order valence-electron chi connectivity index (χ3n) is 6.42. The largest absolute Gasteiger partial charge is 0.507 e. The van der Waals surface area contributed by atoms with Crippen molar-refractivity contribution < 1.29 is 32.5 Å². The van der Waals surface area contributed by atoms with Crippen LogP contribution >= 0.6 is 0 Å². The highest BCUT2D eigenvalue weighted by Crippen LogP contribution is 2.45. The second-order valence-corrected chi connectivity index (χ2v) is 10.1. The van der Waals surface area contributed by atoms with E-state index in [1.807, 2.05) is 11.8 Å². The van der Waals surface area contributed by atoms with Crippen LogP contribution in [0.25, 0.3) is 22.0 Å². The fourth-order valence-corrected chi connectivity index (χ4v) is 4.84. The van der Waals surface area contributed by atoms with Gasteiger partial charge in [-0.15, -0.1) is 0 Å². The number of aromatic nitrogens is 1. The number of rotatable bonds is 1. The maximum Gasteiger partial charge on any atom is 0.410 e. The molecule has 0 unspecified atom stereocenters. The summed E-state index contributed by atoms with van der Waals surface area (Å²) in [6.45, 7) is 8.18. The average molecular weight is 502 g/mol. The summed E-state index contributed by atoms with van der Waals surface area (Å²) in [6, 6.07) is 3.97. The number of aromatic hydroxyl groups is 1. The van der Waals surface area contributed by atoms with Gasteiger partial charge < -0.3 is 24.4 Å². The molecule has 2 atom stereocenters. The lowest BCUT2D eigenvalue weighted by atomic mass is 9.98. The van der Waals surface area contributed by atoms with E-state index in [0.29, 0.717) is 24.5 Å². The van der Waals surface area contributed by atoms with E-state index in [-0.39, 0.29) is 29.6 Å². The Morgan fingerprint density at radius 1 is 1.17 bits per heavy atom. The topological polar surface area (TPSA) is 75.1 Å². The smallest absolute Gasteiger partial charge is 0.410 e. The average Bonchev–Trinajstić information content (AvgIpc) is 2.78. The first-order valence-corrected chi connectivity index (χ1v) is 11.6. The van der Waals surface area contributed by atoms with Crippen LogP contribution < -0.4 is 9.64 Å². The molecule has 1 N–H and O–H groups in total. The zero-order valence-electron chi connectivity index (χ0n) is 20.3. The number of hydrogen-bond acceptors (Lipinski definition) is 6. The summed E-state index contributed by atoms with van der Waals surface area (Å²) in [4.78, 5) is 20.5. The summed E-state index contributed by atoms with van der Waals surface area (Å²) in [6.07, 6.45) is 0.913. The third-order valence-corrected chi connectivity index (χ3v) is 6.42. The molecule has 0 saturated carbocycles. The molecule has 5 rings (SSSR count). The molecule has 36 heavy (non-hydrogen) atoms. The standard InChI is InChI=1S/C26H26F3N3O4/c1-13-10-32-14(11-31(13)25(34)36-26(2,3)4)12-35-19-9-30-23-15(24(19)32)8-17(28)21(22(23)29)20-16(27)6-5-7-18(20)33/h5-9,13-14,33H,10-12H2,1-4H3/t13-,14-/m1/s1. The number of pyridine rings is 1. The lowest BCUT2D eigenvalue weighted by Gasteiger charge is -2.48. The van der Waals surface area contributed by atoms with Crippen molar-refractivity contribution in [2.75, 3.05) is 24.6 Å². The minimum Gasteiger partial charge on any atom is -0.507 e. The van der Waals surface area contributed by atoms with Crippen molar-refractivity contribution in [3.8, 4) is 22.6 Å². The highest BCUT2D eigenvalue weighted by Gasteiger charge is 2.41. The van der Waals surface area contributed by atoms with E-state index in [1.165, 1.54) is 12.3 Å². The number of amides is 1. The molecule has 0 radical (unpaired) electrons. The Kier molecular flexibility index (Phi) is 5.65. The molecule has 3 aromatic rings. The molecule has 0 aliphatic carbocycles. The minimum absolute atomic E-state index is 0.157. The SMILES string of the molecule is C[C@@H]1CN2c3c(cnc4c(F)c(-c5c(O)cccc5F)c(F)cc34)OC[C@H]2CN1C(=O)OC(C)(C)C. The number of halogens is 3. The van der Waals surface area contributed by atoms with Crippen LogP contribution in [0.3, 0.4) is 0 Å². The van der Waals surface area contributed by atoms with E-state index in [4.69, 9.17) is 9.47 Å². The van der Waals surface area contributed by atoms with E-state index >= 15 is 8.78 Å². The molecule has 2 aliphatic heterocycles. The van der Waals surface area contributed by atoms with Crippen molar-refractivity contribution in [1.29, 1.82) is 0 Å². The number of ether oxygens (including phenoxy) is 2. The molecule has 190 valence electrons. The van der Waals surface area contributed by atoms with Crippen molar-refractivity contribution in [1.82, 2.24) is 9.88 Å². The second-order valence-electron chi connectivity index (χ2n) is 10.1. The quantitative estimate of drug-likeness (QED) is 0.492. The molecular formula is C26H26F3N3O4. The Morgan fingerprint density at radius 3 is 2.61 bits per heavy atom. The Hall–Kier alpha value is -3.69. The van der Waals surface area contributed by atoms with Gasteiger partial charge >= 0.3 is 6.09 Å². The molecule has 7 nitrogen and oxygen atoms in total. The Labute approximate surface area is 206 Å². The highest BCUT2D eigenvalue weighted by molar-refractivity contribution is 5.98. The van der Waals surface area contributed by atoms with Gasteiger partial charge in [0.1, 0.15) is 35.1 Å². The summed E-state index contributed by atoms with van der Waals surface area (Å²) >= 11 is 0.